The number of aromatic nitrogens is 2. The smallest absolute Gasteiger partial charge is 0.327 e. The van der Waals surface area contributed by atoms with Gasteiger partial charge in [0, 0.05) is 12.4 Å². The average molecular weight is 245 g/mol. The van der Waals surface area contributed by atoms with Crippen LogP contribution < -0.4 is 0 Å². The van der Waals surface area contributed by atoms with Gasteiger partial charge in [0.2, 0.25) is 0 Å². The lowest BCUT2D eigenvalue weighted by Gasteiger charge is -2.06. The Bertz CT molecular complexity index is 279. The summed E-state index contributed by atoms with van der Waals surface area (Å²) >= 11 is 3.15. The lowest BCUT2D eigenvalue weighted by atomic mass is 10.4. The fourth-order valence-electron chi connectivity index (χ4n) is 0.762. The van der Waals surface area contributed by atoms with Crippen molar-refractivity contribution in [3.05, 3.63) is 24.3 Å². The highest BCUT2D eigenvalue weighted by Crippen LogP contribution is 2.19. The lowest BCUT2D eigenvalue weighted by Crippen LogP contribution is -2.12. The molecule has 1 aromatic rings. The summed E-state index contributed by atoms with van der Waals surface area (Å²) in [5, 5.41) is 0. The molecule has 5 heteroatoms. The molecule has 0 saturated heterocycles. The third-order valence-corrected chi connectivity index (χ3v) is 2.09. The van der Waals surface area contributed by atoms with E-state index in [4.69, 9.17) is 4.74 Å². The highest BCUT2D eigenvalue weighted by atomic mass is 79.9. The molecule has 1 unspecified atom stereocenters. The molecule has 0 spiro atoms. The van der Waals surface area contributed by atoms with E-state index in [-0.39, 0.29) is 5.97 Å². The molecule has 1 rings (SSSR count). The molecule has 1 aromatic heterocycles. The first-order chi connectivity index (χ1) is 6.25. The van der Waals surface area contributed by atoms with E-state index in [1.54, 1.807) is 25.4 Å². The quantitative estimate of drug-likeness (QED) is 0.597. The van der Waals surface area contributed by atoms with Crippen LogP contribution >= 0.6 is 15.9 Å². The summed E-state index contributed by atoms with van der Waals surface area (Å²) in [7, 11) is 0. The van der Waals surface area contributed by atoms with E-state index >= 15 is 0 Å². The molecule has 0 aromatic carbocycles. The molecule has 1 heterocycles. The van der Waals surface area contributed by atoms with Gasteiger partial charge >= 0.3 is 5.97 Å². The number of hydrogen-bond donors (Lipinski definition) is 0. The van der Waals surface area contributed by atoms with Crippen LogP contribution in [-0.4, -0.2) is 22.5 Å². The van der Waals surface area contributed by atoms with E-state index in [1.807, 2.05) is 0 Å². The van der Waals surface area contributed by atoms with E-state index in [0.717, 1.165) is 0 Å². The topological polar surface area (TPSA) is 52.1 Å². The van der Waals surface area contributed by atoms with Crippen LogP contribution in [0.15, 0.2) is 18.5 Å². The number of hydrogen-bond acceptors (Lipinski definition) is 4. The van der Waals surface area contributed by atoms with Gasteiger partial charge in [0.1, 0.15) is 0 Å². The predicted octanol–water partition coefficient (Wildman–Crippen LogP) is 1.48. The average Bonchev–Trinajstić information content (AvgIpc) is 2.18. The van der Waals surface area contributed by atoms with Crippen molar-refractivity contribution in [3.8, 4) is 0 Å². The van der Waals surface area contributed by atoms with E-state index in [2.05, 4.69) is 25.9 Å². The molecular weight excluding hydrogens is 236 g/mol. The van der Waals surface area contributed by atoms with Gasteiger partial charge in [-0.1, -0.05) is 15.9 Å². The summed E-state index contributed by atoms with van der Waals surface area (Å²) in [6.45, 7) is 2.11. The monoisotopic (exact) mass is 244 g/mol. The SMILES string of the molecule is CCOC(=O)C(Br)c1ncccn1. The van der Waals surface area contributed by atoms with E-state index in [1.165, 1.54) is 0 Å². The van der Waals surface area contributed by atoms with E-state index < -0.39 is 4.83 Å². The second-order valence-corrected chi connectivity index (χ2v) is 3.14. The summed E-state index contributed by atoms with van der Waals surface area (Å²) < 4.78 is 4.79. The molecule has 0 saturated carbocycles. The zero-order valence-electron chi connectivity index (χ0n) is 7.11. The second kappa shape index (κ2) is 4.91. The maximum atomic E-state index is 11.2. The van der Waals surface area contributed by atoms with Crippen molar-refractivity contribution < 1.29 is 9.53 Å². The summed E-state index contributed by atoms with van der Waals surface area (Å²) in [4.78, 5) is 18.5. The predicted molar refractivity (Wildman–Crippen MR) is 50.3 cm³/mol. The molecule has 0 amide bonds. The highest BCUT2D eigenvalue weighted by Gasteiger charge is 2.20. The second-order valence-electron chi connectivity index (χ2n) is 2.22. The van der Waals surface area contributed by atoms with Gasteiger partial charge in [-0.2, -0.15) is 0 Å². The van der Waals surface area contributed by atoms with Crippen molar-refractivity contribution in [1.82, 2.24) is 9.97 Å². The number of ether oxygens (including phenoxy) is 1. The fraction of sp³-hybridized carbons (Fsp3) is 0.375. The Kier molecular flexibility index (Phi) is 3.82. The van der Waals surface area contributed by atoms with Gasteiger partial charge in [0.25, 0.3) is 0 Å². The molecule has 0 aliphatic rings. The van der Waals surface area contributed by atoms with Gasteiger partial charge in [-0.25, -0.2) is 9.97 Å². The Hall–Kier alpha value is -0.970. The maximum Gasteiger partial charge on any atom is 0.327 e. The zero-order chi connectivity index (χ0) is 9.68. The maximum absolute atomic E-state index is 11.2. The van der Waals surface area contributed by atoms with Crippen molar-refractivity contribution in [2.75, 3.05) is 6.61 Å². The standard InChI is InChI=1S/C8H9BrN2O2/c1-2-13-8(12)6(9)7-10-4-3-5-11-7/h3-6H,2H2,1H3. The minimum Gasteiger partial charge on any atom is -0.465 e. The highest BCUT2D eigenvalue weighted by molar-refractivity contribution is 9.09. The largest absolute Gasteiger partial charge is 0.465 e. The first-order valence-corrected chi connectivity index (χ1v) is 4.75. The molecule has 0 aliphatic carbocycles. The van der Waals surface area contributed by atoms with Gasteiger partial charge in [-0.05, 0) is 13.0 Å². The van der Waals surface area contributed by atoms with Crippen LogP contribution in [0.25, 0.3) is 0 Å². The van der Waals surface area contributed by atoms with Gasteiger partial charge in [0.15, 0.2) is 10.7 Å². The molecule has 0 fully saturated rings. The molecule has 13 heavy (non-hydrogen) atoms. The van der Waals surface area contributed by atoms with Gasteiger partial charge < -0.3 is 4.74 Å². The first kappa shape index (κ1) is 10.1. The molecule has 70 valence electrons. The number of carbonyl (C=O) groups excluding carboxylic acids is 1. The summed E-state index contributed by atoms with van der Waals surface area (Å²) in [5.41, 5.74) is 0. The number of alkyl halides is 1. The van der Waals surface area contributed by atoms with Crippen molar-refractivity contribution >= 4 is 21.9 Å². The number of carbonyl (C=O) groups is 1. The molecule has 4 nitrogen and oxygen atoms in total. The van der Waals surface area contributed by atoms with Crippen LogP contribution in [0.2, 0.25) is 0 Å². The summed E-state index contributed by atoms with van der Waals surface area (Å²) in [5.74, 6) is 0.0506. The Morgan fingerprint density at radius 1 is 1.62 bits per heavy atom. The molecule has 1 atom stereocenters. The molecular formula is C8H9BrN2O2. The molecule has 0 N–H and O–H groups in total. The Balaban J connectivity index is 2.68. The molecule has 0 aliphatic heterocycles. The van der Waals surface area contributed by atoms with Crippen LogP contribution in [-0.2, 0) is 9.53 Å². The molecule has 0 bridgehead atoms. The van der Waals surface area contributed by atoms with Crippen LogP contribution in [0.3, 0.4) is 0 Å². The van der Waals surface area contributed by atoms with Crippen LogP contribution in [0, 0.1) is 0 Å². The summed E-state index contributed by atoms with van der Waals surface area (Å²) in [6.07, 6.45) is 3.16. The normalized spacial score (nSPS) is 12.2. The van der Waals surface area contributed by atoms with Crippen LogP contribution in [0.5, 0.6) is 0 Å². The van der Waals surface area contributed by atoms with Crippen molar-refractivity contribution in [3.63, 3.8) is 0 Å². The summed E-state index contributed by atoms with van der Waals surface area (Å²) in [6, 6.07) is 1.69. The van der Waals surface area contributed by atoms with Crippen molar-refractivity contribution in [2.45, 2.75) is 11.8 Å². The van der Waals surface area contributed by atoms with Crippen LogP contribution in [0.4, 0.5) is 0 Å². The zero-order valence-corrected chi connectivity index (χ0v) is 8.69. The Labute approximate surface area is 84.5 Å². The first-order valence-electron chi connectivity index (χ1n) is 3.83. The fourth-order valence-corrected chi connectivity index (χ4v) is 1.13. The Morgan fingerprint density at radius 2 is 2.23 bits per heavy atom. The number of halogens is 1. The Morgan fingerprint density at radius 3 is 2.77 bits per heavy atom. The van der Waals surface area contributed by atoms with Gasteiger partial charge in [-0.15, -0.1) is 0 Å². The van der Waals surface area contributed by atoms with Crippen molar-refractivity contribution in [2.24, 2.45) is 0 Å². The van der Waals surface area contributed by atoms with E-state index in [0.29, 0.717) is 12.4 Å². The van der Waals surface area contributed by atoms with Crippen molar-refractivity contribution in [1.29, 1.82) is 0 Å². The number of esters is 1. The van der Waals surface area contributed by atoms with Gasteiger partial charge in [0.05, 0.1) is 6.61 Å². The van der Waals surface area contributed by atoms with Crippen LogP contribution in [0.1, 0.15) is 17.6 Å². The van der Waals surface area contributed by atoms with E-state index in [9.17, 15) is 4.79 Å². The number of nitrogens with zero attached hydrogens (tertiary/aromatic N) is 2. The third kappa shape index (κ3) is 2.77. The lowest BCUT2D eigenvalue weighted by molar-refractivity contribution is -0.142. The minimum absolute atomic E-state index is 0.355. The minimum atomic E-state index is -0.575. The number of rotatable bonds is 3. The third-order valence-electron chi connectivity index (χ3n) is 1.31. The molecule has 0 radical (unpaired) electrons. The van der Waals surface area contributed by atoms with Gasteiger partial charge in [-0.3, -0.25) is 4.79 Å².